The maximum atomic E-state index is 11.9. The minimum Gasteiger partial charge on any atom is -0.508 e. The van der Waals surface area contributed by atoms with Crippen molar-refractivity contribution in [1.29, 1.82) is 0 Å². The second-order valence-corrected chi connectivity index (χ2v) is 4.36. The number of aliphatic imine (C=N–C) groups is 1. The number of nitrogens with zero attached hydrogens (tertiary/aromatic N) is 1. The van der Waals surface area contributed by atoms with Crippen LogP contribution in [0.2, 0.25) is 0 Å². The van der Waals surface area contributed by atoms with Gasteiger partial charge in [0, 0.05) is 12.1 Å². The molecule has 1 aromatic carbocycles. The van der Waals surface area contributed by atoms with Gasteiger partial charge in [0.25, 0.3) is 5.91 Å². The number of rotatable bonds is 7. The molecular formula is C13H18N4O4. The molecule has 1 rings (SSSR count). The largest absolute Gasteiger partial charge is 0.508 e. The first-order valence-corrected chi connectivity index (χ1v) is 6.28. The third kappa shape index (κ3) is 5.81. The third-order valence-corrected chi connectivity index (χ3v) is 2.68. The molecule has 0 heterocycles. The summed E-state index contributed by atoms with van der Waals surface area (Å²) in [6, 6.07) is 4.49. The Morgan fingerprint density at radius 3 is 2.38 bits per heavy atom. The summed E-state index contributed by atoms with van der Waals surface area (Å²) in [6.45, 7) is 0.293. The number of guanidine groups is 1. The number of phenolic OH excluding ortho intramolecular Hbond substituents is 1. The van der Waals surface area contributed by atoms with Crippen LogP contribution in [-0.2, 0) is 4.79 Å². The van der Waals surface area contributed by atoms with Crippen LogP contribution in [0, 0.1) is 0 Å². The maximum absolute atomic E-state index is 11.9. The molecule has 7 N–H and O–H groups in total. The van der Waals surface area contributed by atoms with E-state index in [4.69, 9.17) is 21.7 Å². The highest BCUT2D eigenvalue weighted by atomic mass is 16.4. The molecule has 114 valence electrons. The Labute approximate surface area is 121 Å². The number of hydrogen-bond donors (Lipinski definition) is 5. The average Bonchev–Trinajstić information content (AvgIpc) is 2.42. The number of aromatic hydroxyl groups is 1. The number of carboxylic acid groups (broad SMARTS) is 1. The summed E-state index contributed by atoms with van der Waals surface area (Å²) in [5, 5.41) is 20.6. The fourth-order valence-corrected chi connectivity index (χ4v) is 1.62. The van der Waals surface area contributed by atoms with E-state index < -0.39 is 17.9 Å². The monoisotopic (exact) mass is 294 g/mol. The van der Waals surface area contributed by atoms with E-state index in [1.54, 1.807) is 0 Å². The molecule has 0 aromatic heterocycles. The Kier molecular flexibility index (Phi) is 5.99. The Balaban J connectivity index is 2.57. The predicted molar refractivity (Wildman–Crippen MR) is 76.9 cm³/mol. The number of carboxylic acids is 1. The van der Waals surface area contributed by atoms with E-state index in [9.17, 15) is 9.59 Å². The van der Waals surface area contributed by atoms with Crippen LogP contribution in [0.25, 0.3) is 0 Å². The van der Waals surface area contributed by atoms with E-state index in [0.29, 0.717) is 13.0 Å². The van der Waals surface area contributed by atoms with Crippen molar-refractivity contribution in [3.8, 4) is 5.75 Å². The third-order valence-electron chi connectivity index (χ3n) is 2.68. The molecule has 0 aliphatic rings. The van der Waals surface area contributed by atoms with E-state index in [2.05, 4.69) is 10.3 Å². The van der Waals surface area contributed by atoms with Crippen LogP contribution >= 0.6 is 0 Å². The fraction of sp³-hybridized carbons (Fsp3) is 0.308. The molecule has 0 unspecified atom stereocenters. The van der Waals surface area contributed by atoms with Crippen LogP contribution in [-0.4, -0.2) is 40.6 Å². The zero-order valence-electron chi connectivity index (χ0n) is 11.3. The second kappa shape index (κ2) is 7.73. The van der Waals surface area contributed by atoms with Gasteiger partial charge in [-0.05, 0) is 37.1 Å². The summed E-state index contributed by atoms with van der Waals surface area (Å²) in [7, 11) is 0. The SMILES string of the molecule is NC(N)=NCCC[C@H](NC(=O)c1ccc(O)cc1)C(=O)O. The van der Waals surface area contributed by atoms with Gasteiger partial charge in [0.15, 0.2) is 5.96 Å². The van der Waals surface area contributed by atoms with Gasteiger partial charge < -0.3 is 27.0 Å². The van der Waals surface area contributed by atoms with Crippen molar-refractivity contribution in [2.24, 2.45) is 16.5 Å². The summed E-state index contributed by atoms with van der Waals surface area (Å²) in [6.07, 6.45) is 0.626. The van der Waals surface area contributed by atoms with Gasteiger partial charge in [0.2, 0.25) is 0 Å². The van der Waals surface area contributed by atoms with Crippen molar-refractivity contribution in [3.05, 3.63) is 29.8 Å². The summed E-state index contributed by atoms with van der Waals surface area (Å²) >= 11 is 0. The predicted octanol–water partition coefficient (Wildman–Crippen LogP) is -0.371. The van der Waals surface area contributed by atoms with Crippen molar-refractivity contribution in [1.82, 2.24) is 5.32 Å². The molecule has 8 nitrogen and oxygen atoms in total. The van der Waals surface area contributed by atoms with Crippen molar-refractivity contribution in [3.63, 3.8) is 0 Å². The van der Waals surface area contributed by atoms with E-state index >= 15 is 0 Å². The number of benzene rings is 1. The van der Waals surface area contributed by atoms with Crippen LogP contribution in [0.15, 0.2) is 29.3 Å². The van der Waals surface area contributed by atoms with E-state index in [1.165, 1.54) is 24.3 Å². The average molecular weight is 294 g/mol. The molecule has 0 aliphatic heterocycles. The Bertz CT molecular complexity index is 523. The lowest BCUT2D eigenvalue weighted by Gasteiger charge is -2.14. The molecule has 1 amide bonds. The molecule has 0 radical (unpaired) electrons. The summed E-state index contributed by atoms with van der Waals surface area (Å²) in [5.41, 5.74) is 10.6. The molecule has 0 fully saturated rings. The molecule has 8 heteroatoms. The molecule has 1 aromatic rings. The van der Waals surface area contributed by atoms with Gasteiger partial charge >= 0.3 is 5.97 Å². The number of aliphatic carboxylic acids is 1. The number of carbonyl (C=O) groups is 2. The summed E-state index contributed by atoms with van der Waals surface area (Å²) in [5.74, 6) is -1.69. The van der Waals surface area contributed by atoms with Crippen LogP contribution < -0.4 is 16.8 Å². The Morgan fingerprint density at radius 2 is 1.86 bits per heavy atom. The minimum atomic E-state index is -1.13. The quantitative estimate of drug-likeness (QED) is 0.263. The van der Waals surface area contributed by atoms with Crippen LogP contribution in [0.3, 0.4) is 0 Å². The lowest BCUT2D eigenvalue weighted by atomic mass is 10.1. The first-order chi connectivity index (χ1) is 9.90. The maximum Gasteiger partial charge on any atom is 0.326 e. The van der Waals surface area contributed by atoms with Crippen molar-refractivity contribution in [2.75, 3.05) is 6.54 Å². The highest BCUT2D eigenvalue weighted by Crippen LogP contribution is 2.10. The number of carbonyl (C=O) groups excluding carboxylic acids is 1. The van der Waals surface area contributed by atoms with Gasteiger partial charge in [-0.2, -0.15) is 0 Å². The zero-order valence-corrected chi connectivity index (χ0v) is 11.3. The number of amides is 1. The van der Waals surface area contributed by atoms with E-state index in [1.807, 2.05) is 0 Å². The second-order valence-electron chi connectivity index (χ2n) is 4.36. The summed E-state index contributed by atoms with van der Waals surface area (Å²) < 4.78 is 0. The normalized spacial score (nSPS) is 11.4. The van der Waals surface area contributed by atoms with Crippen molar-refractivity contribution >= 4 is 17.8 Å². The highest BCUT2D eigenvalue weighted by molar-refractivity contribution is 5.96. The smallest absolute Gasteiger partial charge is 0.326 e. The fourth-order valence-electron chi connectivity index (χ4n) is 1.62. The molecule has 21 heavy (non-hydrogen) atoms. The van der Waals surface area contributed by atoms with Gasteiger partial charge in [-0.1, -0.05) is 0 Å². The molecule has 0 saturated heterocycles. The molecular weight excluding hydrogens is 276 g/mol. The van der Waals surface area contributed by atoms with Gasteiger partial charge in [0.05, 0.1) is 0 Å². The Hall–Kier alpha value is -2.77. The standard InChI is InChI=1S/C13H18N4O4/c14-13(15)16-7-1-2-10(12(20)21)17-11(19)8-3-5-9(18)6-4-8/h3-6,10,18H,1-2,7H2,(H,17,19)(H,20,21)(H4,14,15,16)/t10-/m0/s1. The van der Waals surface area contributed by atoms with Crippen molar-refractivity contribution < 1.29 is 19.8 Å². The zero-order chi connectivity index (χ0) is 15.8. The summed E-state index contributed by atoms with van der Waals surface area (Å²) in [4.78, 5) is 26.7. The van der Waals surface area contributed by atoms with Crippen molar-refractivity contribution in [2.45, 2.75) is 18.9 Å². The van der Waals surface area contributed by atoms with Crippen LogP contribution in [0.5, 0.6) is 5.75 Å². The first-order valence-electron chi connectivity index (χ1n) is 6.28. The molecule has 0 aliphatic carbocycles. The van der Waals surface area contributed by atoms with E-state index in [0.717, 1.165) is 0 Å². The Morgan fingerprint density at radius 1 is 1.24 bits per heavy atom. The first kappa shape index (κ1) is 16.3. The lowest BCUT2D eigenvalue weighted by Crippen LogP contribution is -2.40. The lowest BCUT2D eigenvalue weighted by molar-refractivity contribution is -0.139. The molecule has 0 spiro atoms. The number of nitrogens with one attached hydrogen (secondary N) is 1. The van der Waals surface area contributed by atoms with Gasteiger partial charge in [-0.3, -0.25) is 9.79 Å². The van der Waals surface area contributed by atoms with Gasteiger partial charge in [-0.25, -0.2) is 4.79 Å². The molecule has 1 atom stereocenters. The van der Waals surface area contributed by atoms with Crippen LogP contribution in [0.1, 0.15) is 23.2 Å². The molecule has 0 bridgehead atoms. The van der Waals surface area contributed by atoms with Gasteiger partial charge in [0.1, 0.15) is 11.8 Å². The highest BCUT2D eigenvalue weighted by Gasteiger charge is 2.20. The molecule has 0 saturated carbocycles. The van der Waals surface area contributed by atoms with Gasteiger partial charge in [-0.15, -0.1) is 0 Å². The number of nitrogens with two attached hydrogens (primary N) is 2. The number of phenols is 1. The topological polar surface area (TPSA) is 151 Å². The van der Waals surface area contributed by atoms with E-state index in [-0.39, 0.29) is 23.7 Å². The minimum absolute atomic E-state index is 0.0265. The number of hydrogen-bond acceptors (Lipinski definition) is 4. The van der Waals surface area contributed by atoms with Crippen LogP contribution in [0.4, 0.5) is 0 Å².